The van der Waals surface area contributed by atoms with Crippen molar-refractivity contribution in [3.63, 3.8) is 0 Å². The lowest BCUT2D eigenvalue weighted by Crippen LogP contribution is -2.14. The van der Waals surface area contributed by atoms with Crippen molar-refractivity contribution in [3.8, 4) is 5.75 Å². The van der Waals surface area contributed by atoms with Gasteiger partial charge in [0.25, 0.3) is 0 Å². The Morgan fingerprint density at radius 1 is 1.24 bits per heavy atom. The maximum atomic E-state index is 13.4. The molecule has 2 rings (SSSR count). The summed E-state index contributed by atoms with van der Waals surface area (Å²) in [7, 11) is 1.92. The predicted molar refractivity (Wildman–Crippen MR) is 87.1 cm³/mol. The van der Waals surface area contributed by atoms with Crippen molar-refractivity contribution < 1.29 is 9.13 Å². The van der Waals surface area contributed by atoms with Gasteiger partial charge in [-0.2, -0.15) is 0 Å². The zero-order valence-electron chi connectivity index (χ0n) is 12.4. The molecule has 0 heterocycles. The van der Waals surface area contributed by atoms with Crippen LogP contribution in [0.2, 0.25) is 0 Å². The summed E-state index contributed by atoms with van der Waals surface area (Å²) in [5.41, 5.74) is 3.09. The van der Waals surface area contributed by atoms with E-state index in [2.05, 4.69) is 41.2 Å². The Hall–Kier alpha value is -1.39. The van der Waals surface area contributed by atoms with Gasteiger partial charge >= 0.3 is 0 Å². The number of ether oxygens (including phenoxy) is 1. The molecule has 1 unspecified atom stereocenters. The Morgan fingerprint density at radius 2 is 2.00 bits per heavy atom. The molecule has 21 heavy (non-hydrogen) atoms. The van der Waals surface area contributed by atoms with Crippen LogP contribution in [0.3, 0.4) is 0 Å². The molecule has 0 fully saturated rings. The van der Waals surface area contributed by atoms with Crippen molar-refractivity contribution in [2.24, 2.45) is 0 Å². The molecule has 0 spiro atoms. The van der Waals surface area contributed by atoms with Crippen LogP contribution in [0.5, 0.6) is 5.75 Å². The van der Waals surface area contributed by atoms with E-state index < -0.39 is 0 Å². The molecule has 112 valence electrons. The van der Waals surface area contributed by atoms with Crippen molar-refractivity contribution in [2.75, 3.05) is 7.05 Å². The van der Waals surface area contributed by atoms with Crippen molar-refractivity contribution in [1.29, 1.82) is 0 Å². The van der Waals surface area contributed by atoms with Crippen LogP contribution in [-0.2, 0) is 6.61 Å². The fourth-order valence-corrected chi connectivity index (χ4v) is 2.66. The first-order chi connectivity index (χ1) is 9.99. The monoisotopic (exact) mass is 351 g/mol. The van der Waals surface area contributed by atoms with Crippen molar-refractivity contribution in [3.05, 3.63) is 63.4 Å². The summed E-state index contributed by atoms with van der Waals surface area (Å²) >= 11 is 3.29. The van der Waals surface area contributed by atoms with Crippen molar-refractivity contribution >= 4 is 15.9 Å². The van der Waals surface area contributed by atoms with Gasteiger partial charge in [-0.1, -0.05) is 33.6 Å². The molecule has 0 amide bonds. The molecule has 2 nitrogen and oxygen atoms in total. The smallest absolute Gasteiger partial charge is 0.124 e. The zero-order valence-corrected chi connectivity index (χ0v) is 14.0. The first-order valence-electron chi connectivity index (χ1n) is 6.85. The third-order valence-electron chi connectivity index (χ3n) is 3.38. The van der Waals surface area contributed by atoms with E-state index in [-0.39, 0.29) is 11.9 Å². The second kappa shape index (κ2) is 7.05. The van der Waals surface area contributed by atoms with Gasteiger partial charge < -0.3 is 10.1 Å². The van der Waals surface area contributed by atoms with Gasteiger partial charge in [0, 0.05) is 16.1 Å². The molecule has 0 aliphatic heterocycles. The highest BCUT2D eigenvalue weighted by molar-refractivity contribution is 9.10. The zero-order chi connectivity index (χ0) is 15.4. The van der Waals surface area contributed by atoms with Gasteiger partial charge in [-0.15, -0.1) is 0 Å². The molecular weight excluding hydrogens is 333 g/mol. The molecule has 0 saturated heterocycles. The van der Waals surface area contributed by atoms with Gasteiger partial charge in [-0.3, -0.25) is 0 Å². The van der Waals surface area contributed by atoms with Crippen LogP contribution in [0.25, 0.3) is 0 Å². The van der Waals surface area contributed by atoms with E-state index in [1.165, 1.54) is 17.7 Å². The van der Waals surface area contributed by atoms with Crippen molar-refractivity contribution in [2.45, 2.75) is 26.5 Å². The molecule has 0 aromatic heterocycles. The average molecular weight is 352 g/mol. The van der Waals surface area contributed by atoms with Gasteiger partial charge in [0.2, 0.25) is 0 Å². The molecule has 0 saturated carbocycles. The van der Waals surface area contributed by atoms with E-state index in [4.69, 9.17) is 4.74 Å². The normalized spacial score (nSPS) is 12.2. The SMILES string of the molecule is CNC(C)c1cc(C)ccc1OCc1cc(F)cc(Br)c1. The molecule has 1 atom stereocenters. The fraction of sp³-hybridized carbons (Fsp3) is 0.294. The number of benzene rings is 2. The number of halogens is 2. The summed E-state index contributed by atoms with van der Waals surface area (Å²) in [4.78, 5) is 0. The Balaban J connectivity index is 2.19. The Morgan fingerprint density at radius 3 is 2.67 bits per heavy atom. The summed E-state index contributed by atoms with van der Waals surface area (Å²) in [5.74, 6) is 0.554. The van der Waals surface area contributed by atoms with Gasteiger partial charge in [0.05, 0.1) is 0 Å². The molecule has 2 aromatic rings. The topological polar surface area (TPSA) is 21.3 Å². The molecule has 0 aliphatic carbocycles. The summed E-state index contributed by atoms with van der Waals surface area (Å²) in [5, 5.41) is 3.22. The predicted octanol–water partition coefficient (Wildman–Crippen LogP) is 4.76. The Labute approximate surface area is 133 Å². The van der Waals surface area contributed by atoms with E-state index >= 15 is 0 Å². The van der Waals surface area contributed by atoms with Crippen LogP contribution in [0.15, 0.2) is 40.9 Å². The van der Waals surface area contributed by atoms with E-state index in [0.29, 0.717) is 11.1 Å². The third kappa shape index (κ3) is 4.29. The quantitative estimate of drug-likeness (QED) is 0.838. The van der Waals surface area contributed by atoms with E-state index in [1.54, 1.807) is 0 Å². The largest absolute Gasteiger partial charge is 0.489 e. The highest BCUT2D eigenvalue weighted by Crippen LogP contribution is 2.27. The van der Waals surface area contributed by atoms with Crippen LogP contribution in [-0.4, -0.2) is 7.05 Å². The minimum absolute atomic E-state index is 0.194. The number of aryl methyl sites for hydroxylation is 1. The molecule has 2 aromatic carbocycles. The molecule has 1 N–H and O–H groups in total. The highest BCUT2D eigenvalue weighted by atomic mass is 79.9. The first kappa shape index (κ1) is 16.0. The maximum Gasteiger partial charge on any atom is 0.124 e. The molecule has 0 aliphatic rings. The lowest BCUT2D eigenvalue weighted by molar-refractivity contribution is 0.299. The highest BCUT2D eigenvalue weighted by Gasteiger charge is 2.11. The lowest BCUT2D eigenvalue weighted by Gasteiger charge is -2.17. The van der Waals surface area contributed by atoms with E-state index in [1.807, 2.05) is 25.2 Å². The summed E-state index contributed by atoms with van der Waals surface area (Å²) in [6.07, 6.45) is 0. The van der Waals surface area contributed by atoms with Crippen molar-refractivity contribution in [1.82, 2.24) is 5.32 Å². The van der Waals surface area contributed by atoms with Gasteiger partial charge in [-0.05, 0) is 50.7 Å². The maximum absolute atomic E-state index is 13.4. The summed E-state index contributed by atoms with van der Waals surface area (Å²) in [6.45, 7) is 4.47. The fourth-order valence-electron chi connectivity index (χ4n) is 2.15. The van der Waals surface area contributed by atoms with Crippen LogP contribution in [0, 0.1) is 12.7 Å². The second-order valence-corrected chi connectivity index (χ2v) is 6.03. The van der Waals surface area contributed by atoms with Crippen LogP contribution < -0.4 is 10.1 Å². The number of hydrogen-bond donors (Lipinski definition) is 1. The van der Waals surface area contributed by atoms with Crippen LogP contribution in [0.4, 0.5) is 4.39 Å². The van der Waals surface area contributed by atoms with Gasteiger partial charge in [0.15, 0.2) is 0 Å². The minimum Gasteiger partial charge on any atom is -0.489 e. The van der Waals surface area contributed by atoms with Crippen LogP contribution in [0.1, 0.15) is 29.7 Å². The van der Waals surface area contributed by atoms with Crippen LogP contribution >= 0.6 is 15.9 Å². The standard InChI is InChI=1S/C17H19BrFNO/c1-11-4-5-17(16(6-11)12(2)20-3)21-10-13-7-14(18)9-15(19)8-13/h4-9,12,20H,10H2,1-3H3. The summed E-state index contributed by atoms with van der Waals surface area (Å²) in [6, 6.07) is 11.1. The molecular formula is C17H19BrFNO. The van der Waals surface area contributed by atoms with E-state index in [0.717, 1.165) is 16.9 Å². The Kier molecular flexibility index (Phi) is 5.37. The molecule has 4 heteroatoms. The lowest BCUT2D eigenvalue weighted by atomic mass is 10.0. The molecule has 0 radical (unpaired) electrons. The number of rotatable bonds is 5. The molecule has 0 bridgehead atoms. The van der Waals surface area contributed by atoms with Gasteiger partial charge in [0.1, 0.15) is 18.2 Å². The third-order valence-corrected chi connectivity index (χ3v) is 3.84. The van der Waals surface area contributed by atoms with E-state index in [9.17, 15) is 4.39 Å². The first-order valence-corrected chi connectivity index (χ1v) is 7.64. The van der Waals surface area contributed by atoms with Gasteiger partial charge in [-0.25, -0.2) is 4.39 Å². The second-order valence-electron chi connectivity index (χ2n) is 5.12. The summed E-state index contributed by atoms with van der Waals surface area (Å²) < 4.78 is 20.0. The number of nitrogens with one attached hydrogen (secondary N) is 1. The average Bonchev–Trinajstić information content (AvgIpc) is 2.44. The Bertz CT molecular complexity index is 610. The number of hydrogen-bond acceptors (Lipinski definition) is 2. The minimum atomic E-state index is -0.268.